The van der Waals surface area contributed by atoms with Crippen LogP contribution in [0.15, 0.2) is 24.3 Å². The first kappa shape index (κ1) is 17.7. The minimum atomic E-state index is 0.0760. The van der Waals surface area contributed by atoms with E-state index >= 15 is 0 Å². The monoisotopic (exact) mass is 380 g/mol. The largest absolute Gasteiger partial charge is 0.339 e. The van der Waals surface area contributed by atoms with Gasteiger partial charge in [-0.2, -0.15) is 0 Å². The van der Waals surface area contributed by atoms with Gasteiger partial charge >= 0.3 is 0 Å². The molecule has 28 heavy (non-hydrogen) atoms. The molecule has 0 spiro atoms. The Morgan fingerprint density at radius 3 is 2.79 bits per heavy atom. The first-order chi connectivity index (χ1) is 13.6. The van der Waals surface area contributed by atoms with Crippen LogP contribution >= 0.6 is 0 Å². The van der Waals surface area contributed by atoms with Crippen LogP contribution in [0.1, 0.15) is 57.2 Å². The van der Waals surface area contributed by atoms with E-state index in [1.54, 1.807) is 0 Å². The Kier molecular flexibility index (Phi) is 4.37. The lowest BCUT2D eigenvalue weighted by Crippen LogP contribution is -2.43. The molecule has 0 radical (unpaired) electrons. The molecule has 3 heterocycles. The normalized spacial score (nSPS) is 25.7. The van der Waals surface area contributed by atoms with Gasteiger partial charge in [-0.25, -0.2) is 4.98 Å². The summed E-state index contributed by atoms with van der Waals surface area (Å²) in [6.45, 7) is 4.04. The second kappa shape index (κ2) is 6.90. The van der Waals surface area contributed by atoms with Crippen LogP contribution in [0.4, 0.5) is 0 Å². The molecule has 1 aliphatic carbocycles. The predicted molar refractivity (Wildman–Crippen MR) is 107 cm³/mol. The van der Waals surface area contributed by atoms with E-state index in [4.69, 9.17) is 4.98 Å². The number of hydrogen-bond donors (Lipinski definition) is 0. The molecule has 0 N–H and O–H groups in total. The lowest BCUT2D eigenvalue weighted by Gasteiger charge is -2.33. The van der Waals surface area contributed by atoms with Gasteiger partial charge in [-0.05, 0) is 51.2 Å². The van der Waals surface area contributed by atoms with Gasteiger partial charge in [0.2, 0.25) is 11.8 Å². The highest BCUT2D eigenvalue weighted by atomic mass is 16.2. The summed E-state index contributed by atoms with van der Waals surface area (Å²) in [6.07, 6.45) is 6.12. The number of likely N-dealkylation sites (tertiary alicyclic amines) is 2. The number of imidazole rings is 1. The van der Waals surface area contributed by atoms with Crippen LogP contribution < -0.4 is 0 Å². The fraction of sp³-hybridized carbons (Fsp3) is 0.591. The van der Waals surface area contributed by atoms with Crippen molar-refractivity contribution >= 4 is 22.8 Å². The van der Waals surface area contributed by atoms with Gasteiger partial charge in [0.15, 0.2) is 0 Å². The van der Waals surface area contributed by atoms with Gasteiger partial charge in [0.05, 0.1) is 11.0 Å². The van der Waals surface area contributed by atoms with Gasteiger partial charge in [-0.1, -0.05) is 12.1 Å². The van der Waals surface area contributed by atoms with E-state index in [0.717, 1.165) is 55.6 Å². The van der Waals surface area contributed by atoms with E-state index in [1.165, 1.54) is 6.42 Å². The Morgan fingerprint density at radius 1 is 1.18 bits per heavy atom. The summed E-state index contributed by atoms with van der Waals surface area (Å²) in [5, 5.41) is 0. The van der Waals surface area contributed by atoms with Crippen LogP contribution in [-0.2, 0) is 16.1 Å². The van der Waals surface area contributed by atoms with E-state index in [2.05, 4.69) is 11.5 Å². The highest BCUT2D eigenvalue weighted by Gasteiger charge is 2.41. The van der Waals surface area contributed by atoms with Crippen molar-refractivity contribution in [3.05, 3.63) is 30.1 Å². The Morgan fingerprint density at radius 2 is 2.00 bits per heavy atom. The maximum atomic E-state index is 13.1. The maximum Gasteiger partial charge on any atom is 0.242 e. The topological polar surface area (TPSA) is 58.4 Å². The number of hydrogen-bond acceptors (Lipinski definition) is 3. The van der Waals surface area contributed by atoms with Crippen molar-refractivity contribution in [2.24, 2.45) is 0 Å². The fourth-order valence-electron chi connectivity index (χ4n) is 4.91. The molecule has 0 bridgehead atoms. The van der Waals surface area contributed by atoms with Gasteiger partial charge in [0.1, 0.15) is 12.4 Å². The van der Waals surface area contributed by atoms with Crippen molar-refractivity contribution < 1.29 is 9.59 Å². The molecule has 1 aromatic carbocycles. The first-order valence-corrected chi connectivity index (χ1v) is 10.7. The van der Waals surface area contributed by atoms with Crippen molar-refractivity contribution in [3.63, 3.8) is 0 Å². The number of aromatic nitrogens is 2. The summed E-state index contributed by atoms with van der Waals surface area (Å²) in [5.41, 5.74) is 1.90. The smallest absolute Gasteiger partial charge is 0.242 e. The lowest BCUT2D eigenvalue weighted by molar-refractivity contribution is -0.135. The van der Waals surface area contributed by atoms with Gasteiger partial charge < -0.3 is 14.4 Å². The molecule has 5 rings (SSSR count). The standard InChI is InChI=1S/C22H28N4O2/c1-15-6-4-5-11-24(15)21(28)14-26-19-8-3-2-7-18(19)23-22(26)16-12-20(27)25(13-16)17-9-10-17/h2-3,7-8,15-17H,4-6,9-14H2,1H3. The van der Waals surface area contributed by atoms with Gasteiger partial charge in [0.25, 0.3) is 0 Å². The van der Waals surface area contributed by atoms with E-state index in [9.17, 15) is 9.59 Å². The number of para-hydroxylation sites is 2. The third kappa shape index (κ3) is 3.09. The molecular formula is C22H28N4O2. The Balaban J connectivity index is 1.46. The Bertz CT molecular complexity index is 916. The third-order valence-corrected chi connectivity index (χ3v) is 6.61. The zero-order valence-electron chi connectivity index (χ0n) is 16.5. The maximum absolute atomic E-state index is 13.1. The number of rotatable bonds is 4. The summed E-state index contributed by atoms with van der Waals surface area (Å²) in [5.74, 6) is 1.38. The summed E-state index contributed by atoms with van der Waals surface area (Å²) >= 11 is 0. The molecule has 2 aliphatic heterocycles. The van der Waals surface area contributed by atoms with Crippen molar-refractivity contribution in [1.29, 1.82) is 0 Å². The molecular weight excluding hydrogens is 352 g/mol. The molecule has 2 aromatic rings. The number of carbonyl (C=O) groups excluding carboxylic acids is 2. The molecule has 2 amide bonds. The average molecular weight is 380 g/mol. The number of piperidine rings is 1. The molecule has 3 fully saturated rings. The second-order valence-electron chi connectivity index (χ2n) is 8.66. The molecule has 1 saturated carbocycles. The molecule has 6 heteroatoms. The van der Waals surface area contributed by atoms with Crippen molar-refractivity contribution in [3.8, 4) is 0 Å². The zero-order chi connectivity index (χ0) is 19.3. The first-order valence-electron chi connectivity index (χ1n) is 10.7. The summed E-state index contributed by atoms with van der Waals surface area (Å²) in [7, 11) is 0. The zero-order valence-corrected chi connectivity index (χ0v) is 16.5. The molecule has 2 atom stereocenters. The quantitative estimate of drug-likeness (QED) is 0.819. The average Bonchev–Trinajstić information content (AvgIpc) is 3.37. The Labute approximate surface area is 165 Å². The predicted octanol–water partition coefficient (Wildman–Crippen LogP) is 2.92. The van der Waals surface area contributed by atoms with Gasteiger partial charge in [-0.3, -0.25) is 9.59 Å². The molecule has 2 saturated heterocycles. The number of nitrogens with zero attached hydrogens (tertiary/aromatic N) is 4. The summed E-state index contributed by atoms with van der Waals surface area (Å²) in [4.78, 5) is 34.6. The third-order valence-electron chi connectivity index (χ3n) is 6.61. The van der Waals surface area contributed by atoms with E-state index in [0.29, 0.717) is 25.0 Å². The van der Waals surface area contributed by atoms with Crippen LogP contribution in [0.5, 0.6) is 0 Å². The second-order valence-corrected chi connectivity index (χ2v) is 8.66. The molecule has 6 nitrogen and oxygen atoms in total. The molecule has 3 aliphatic rings. The van der Waals surface area contributed by atoms with Crippen LogP contribution in [-0.4, -0.2) is 56.3 Å². The van der Waals surface area contributed by atoms with Crippen LogP contribution in [0.25, 0.3) is 11.0 Å². The summed E-state index contributed by atoms with van der Waals surface area (Å²) < 4.78 is 2.08. The highest BCUT2D eigenvalue weighted by Crippen LogP contribution is 2.37. The minimum absolute atomic E-state index is 0.0760. The minimum Gasteiger partial charge on any atom is -0.339 e. The highest BCUT2D eigenvalue weighted by molar-refractivity contribution is 5.83. The van der Waals surface area contributed by atoms with Crippen LogP contribution in [0.2, 0.25) is 0 Å². The lowest BCUT2D eigenvalue weighted by atomic mass is 10.0. The van der Waals surface area contributed by atoms with Crippen molar-refractivity contribution in [2.45, 2.75) is 70.0 Å². The molecule has 148 valence electrons. The van der Waals surface area contributed by atoms with E-state index in [1.807, 2.05) is 34.1 Å². The van der Waals surface area contributed by atoms with E-state index < -0.39 is 0 Å². The molecule has 1 aromatic heterocycles. The van der Waals surface area contributed by atoms with Crippen molar-refractivity contribution in [2.75, 3.05) is 13.1 Å². The Hall–Kier alpha value is -2.37. The van der Waals surface area contributed by atoms with E-state index in [-0.39, 0.29) is 17.7 Å². The number of carbonyl (C=O) groups is 2. The van der Waals surface area contributed by atoms with Gasteiger partial charge in [-0.15, -0.1) is 0 Å². The number of fused-ring (bicyclic) bond motifs is 1. The van der Waals surface area contributed by atoms with Crippen LogP contribution in [0, 0.1) is 0 Å². The molecule has 2 unspecified atom stereocenters. The number of benzene rings is 1. The fourth-order valence-corrected chi connectivity index (χ4v) is 4.91. The number of amides is 2. The van der Waals surface area contributed by atoms with Crippen LogP contribution in [0.3, 0.4) is 0 Å². The van der Waals surface area contributed by atoms with Gasteiger partial charge in [0, 0.05) is 37.5 Å². The van der Waals surface area contributed by atoms with Crippen molar-refractivity contribution in [1.82, 2.24) is 19.4 Å². The summed E-state index contributed by atoms with van der Waals surface area (Å²) in [6, 6.07) is 8.75. The SMILES string of the molecule is CC1CCCCN1C(=O)Cn1c(C2CC(=O)N(C3CC3)C2)nc2ccccc21.